The van der Waals surface area contributed by atoms with Gasteiger partial charge in [0.1, 0.15) is 6.04 Å². The predicted octanol–water partition coefficient (Wildman–Crippen LogP) is -0.635. The highest BCUT2D eigenvalue weighted by atomic mass is 16.5. The number of carboxylic acids is 1. The Labute approximate surface area is 88.2 Å². The Morgan fingerprint density at radius 2 is 2.13 bits per heavy atom. The molecule has 0 aromatic carbocycles. The summed E-state index contributed by atoms with van der Waals surface area (Å²) >= 11 is 0. The fourth-order valence-corrected chi connectivity index (χ4v) is 0.962. The molecule has 15 heavy (non-hydrogen) atoms. The van der Waals surface area contributed by atoms with Crippen LogP contribution >= 0.6 is 0 Å². The van der Waals surface area contributed by atoms with E-state index in [1.54, 1.807) is 0 Å². The summed E-state index contributed by atoms with van der Waals surface area (Å²) in [6, 6.07) is -1.02. The lowest BCUT2D eigenvalue weighted by Crippen LogP contribution is -2.41. The number of aliphatic hydroxyl groups is 1. The molecular formula is C9H17NO5. The van der Waals surface area contributed by atoms with E-state index in [-0.39, 0.29) is 32.0 Å². The quantitative estimate of drug-likeness (QED) is 0.472. The molecule has 1 atom stereocenters. The lowest BCUT2D eigenvalue weighted by molar-refractivity contribution is -0.142. The van der Waals surface area contributed by atoms with Crippen molar-refractivity contribution >= 4 is 11.9 Å². The molecule has 0 aliphatic heterocycles. The van der Waals surface area contributed by atoms with Crippen molar-refractivity contribution in [1.82, 2.24) is 5.32 Å². The van der Waals surface area contributed by atoms with Gasteiger partial charge in [-0.05, 0) is 6.92 Å². The van der Waals surface area contributed by atoms with Gasteiger partial charge in [-0.1, -0.05) is 0 Å². The van der Waals surface area contributed by atoms with Gasteiger partial charge < -0.3 is 20.3 Å². The van der Waals surface area contributed by atoms with Crippen LogP contribution in [0.15, 0.2) is 0 Å². The molecule has 0 aliphatic carbocycles. The molecule has 0 unspecified atom stereocenters. The molecule has 0 aromatic rings. The summed E-state index contributed by atoms with van der Waals surface area (Å²) in [4.78, 5) is 21.8. The van der Waals surface area contributed by atoms with E-state index in [4.69, 9.17) is 14.9 Å². The van der Waals surface area contributed by atoms with Crippen LogP contribution in [0.1, 0.15) is 19.8 Å². The highest BCUT2D eigenvalue weighted by Gasteiger charge is 2.18. The second-order valence-corrected chi connectivity index (χ2v) is 2.92. The van der Waals surface area contributed by atoms with Gasteiger partial charge in [0.15, 0.2) is 0 Å². The topological polar surface area (TPSA) is 95.9 Å². The number of aliphatic carboxylic acids is 1. The second-order valence-electron chi connectivity index (χ2n) is 2.92. The summed E-state index contributed by atoms with van der Waals surface area (Å²) in [6.07, 6.45) is 0.138. The molecule has 0 heterocycles. The van der Waals surface area contributed by atoms with E-state index in [9.17, 15) is 9.59 Å². The third kappa shape index (κ3) is 6.87. The van der Waals surface area contributed by atoms with Gasteiger partial charge in [-0.25, -0.2) is 4.79 Å². The third-order valence-electron chi connectivity index (χ3n) is 1.73. The van der Waals surface area contributed by atoms with Crippen LogP contribution in [-0.4, -0.2) is 48.0 Å². The molecule has 0 radical (unpaired) electrons. The molecule has 6 nitrogen and oxygen atoms in total. The Hall–Kier alpha value is -1.14. The van der Waals surface area contributed by atoms with Crippen molar-refractivity contribution in [3.8, 4) is 0 Å². The molecule has 0 fully saturated rings. The number of ether oxygens (including phenoxy) is 1. The summed E-state index contributed by atoms with van der Waals surface area (Å²) in [5, 5.41) is 19.5. The van der Waals surface area contributed by atoms with E-state index < -0.39 is 12.0 Å². The molecule has 0 saturated heterocycles. The van der Waals surface area contributed by atoms with Crippen molar-refractivity contribution in [2.45, 2.75) is 25.8 Å². The molecule has 1 amide bonds. The lowest BCUT2D eigenvalue weighted by atomic mass is 10.2. The van der Waals surface area contributed by atoms with Crippen molar-refractivity contribution in [3.05, 3.63) is 0 Å². The predicted molar refractivity (Wildman–Crippen MR) is 52.4 cm³/mol. The zero-order valence-electron chi connectivity index (χ0n) is 8.73. The summed E-state index contributed by atoms with van der Waals surface area (Å²) in [5.74, 6) is -1.53. The third-order valence-corrected chi connectivity index (χ3v) is 1.73. The van der Waals surface area contributed by atoms with E-state index >= 15 is 0 Å². The maximum atomic E-state index is 11.2. The molecule has 3 N–H and O–H groups in total. The summed E-state index contributed by atoms with van der Waals surface area (Å²) in [5.41, 5.74) is 0. The Bertz CT molecular complexity index is 207. The summed E-state index contributed by atoms with van der Waals surface area (Å²) in [7, 11) is 0. The van der Waals surface area contributed by atoms with Gasteiger partial charge in [0.25, 0.3) is 0 Å². The Balaban J connectivity index is 3.84. The monoisotopic (exact) mass is 219 g/mol. The maximum absolute atomic E-state index is 11.2. The second kappa shape index (κ2) is 8.19. The van der Waals surface area contributed by atoms with Crippen molar-refractivity contribution in [1.29, 1.82) is 0 Å². The normalized spacial score (nSPS) is 12.1. The summed E-state index contributed by atoms with van der Waals surface area (Å²) < 4.78 is 4.95. The van der Waals surface area contributed by atoms with Gasteiger partial charge in [-0.3, -0.25) is 4.79 Å². The van der Waals surface area contributed by atoms with Gasteiger partial charge in [-0.15, -0.1) is 0 Å². The van der Waals surface area contributed by atoms with Crippen LogP contribution in [0.4, 0.5) is 0 Å². The molecule has 0 rings (SSSR count). The smallest absolute Gasteiger partial charge is 0.326 e. The first-order chi connectivity index (χ1) is 7.11. The molecule has 0 spiro atoms. The van der Waals surface area contributed by atoms with Crippen molar-refractivity contribution in [2.75, 3.05) is 19.8 Å². The van der Waals surface area contributed by atoms with Crippen LogP contribution in [-0.2, 0) is 14.3 Å². The summed E-state index contributed by atoms with van der Waals surface area (Å²) in [6.45, 7) is 2.33. The fraction of sp³-hybridized carbons (Fsp3) is 0.778. The van der Waals surface area contributed by atoms with E-state index in [2.05, 4.69) is 5.32 Å². The average Bonchev–Trinajstić information content (AvgIpc) is 2.17. The van der Waals surface area contributed by atoms with E-state index in [0.717, 1.165) is 0 Å². The van der Waals surface area contributed by atoms with Gasteiger partial charge in [-0.2, -0.15) is 0 Å². The number of aliphatic hydroxyl groups excluding tert-OH is 1. The molecule has 0 aromatic heterocycles. The standard InChI is InChI=1S/C9H17NO5/c1-2-15-6-4-8(12)10-7(3-5-11)9(13)14/h7,11H,2-6H2,1H3,(H,10,12)(H,13,14)/t7-/m1/s1. The number of carbonyl (C=O) groups is 2. The average molecular weight is 219 g/mol. The number of hydrogen-bond donors (Lipinski definition) is 3. The number of hydrogen-bond acceptors (Lipinski definition) is 4. The molecule has 0 bridgehead atoms. The van der Waals surface area contributed by atoms with Gasteiger partial charge >= 0.3 is 5.97 Å². The zero-order valence-corrected chi connectivity index (χ0v) is 8.73. The fourth-order valence-electron chi connectivity index (χ4n) is 0.962. The van der Waals surface area contributed by atoms with Crippen molar-refractivity contribution < 1.29 is 24.5 Å². The minimum atomic E-state index is -1.14. The van der Waals surface area contributed by atoms with E-state index in [1.807, 2.05) is 6.92 Å². The SMILES string of the molecule is CCOCCC(=O)N[C@H](CCO)C(=O)O. The Morgan fingerprint density at radius 1 is 1.47 bits per heavy atom. The highest BCUT2D eigenvalue weighted by Crippen LogP contribution is 1.93. The number of carbonyl (C=O) groups excluding carboxylic acids is 1. The Kier molecular flexibility index (Phi) is 7.57. The first kappa shape index (κ1) is 13.9. The van der Waals surface area contributed by atoms with Crippen molar-refractivity contribution in [2.24, 2.45) is 0 Å². The molecule has 88 valence electrons. The van der Waals surface area contributed by atoms with Gasteiger partial charge in [0.2, 0.25) is 5.91 Å². The van der Waals surface area contributed by atoms with Crippen LogP contribution < -0.4 is 5.32 Å². The van der Waals surface area contributed by atoms with Crippen LogP contribution in [0, 0.1) is 0 Å². The van der Waals surface area contributed by atoms with E-state index in [0.29, 0.717) is 6.61 Å². The highest BCUT2D eigenvalue weighted by molar-refractivity contribution is 5.83. The molecule has 0 aliphatic rings. The number of rotatable bonds is 8. The van der Waals surface area contributed by atoms with Gasteiger partial charge in [0.05, 0.1) is 6.61 Å². The molecule has 6 heteroatoms. The van der Waals surface area contributed by atoms with Crippen LogP contribution in [0.2, 0.25) is 0 Å². The van der Waals surface area contributed by atoms with Gasteiger partial charge in [0, 0.05) is 26.1 Å². The lowest BCUT2D eigenvalue weighted by Gasteiger charge is -2.12. The first-order valence-electron chi connectivity index (χ1n) is 4.82. The van der Waals surface area contributed by atoms with Crippen molar-refractivity contribution in [3.63, 3.8) is 0 Å². The Morgan fingerprint density at radius 3 is 2.60 bits per heavy atom. The first-order valence-corrected chi connectivity index (χ1v) is 4.82. The minimum absolute atomic E-state index is 0.00963. The number of carboxylic acid groups (broad SMARTS) is 1. The van der Waals surface area contributed by atoms with E-state index in [1.165, 1.54) is 0 Å². The maximum Gasteiger partial charge on any atom is 0.326 e. The zero-order chi connectivity index (χ0) is 11.7. The largest absolute Gasteiger partial charge is 0.480 e. The minimum Gasteiger partial charge on any atom is -0.480 e. The van der Waals surface area contributed by atoms with Crippen LogP contribution in [0.25, 0.3) is 0 Å². The van der Waals surface area contributed by atoms with Crippen LogP contribution in [0.3, 0.4) is 0 Å². The molecular weight excluding hydrogens is 202 g/mol. The molecule has 0 saturated carbocycles. The van der Waals surface area contributed by atoms with Crippen LogP contribution in [0.5, 0.6) is 0 Å². The number of nitrogens with one attached hydrogen (secondary N) is 1. The number of amides is 1.